The number of methoxy groups -OCH3 is 1. The molecule has 3 heteroatoms. The maximum Gasteiger partial charge on any atom is 0.307 e. The number of benzene rings is 1. The Bertz CT molecular complexity index is 425. The number of carbonyl (C=O) groups excluding carboxylic acids is 1. The first-order valence-electron chi connectivity index (χ1n) is 7.87. The van der Waals surface area contributed by atoms with Gasteiger partial charge in [0.15, 0.2) is 0 Å². The summed E-state index contributed by atoms with van der Waals surface area (Å²) in [5.41, 5.74) is 2.63. The van der Waals surface area contributed by atoms with Gasteiger partial charge in [0, 0.05) is 12.1 Å². The highest BCUT2D eigenvalue weighted by atomic mass is 16.5. The van der Waals surface area contributed by atoms with Gasteiger partial charge in [-0.15, -0.1) is 0 Å². The Balaban J connectivity index is 2.71. The Labute approximate surface area is 129 Å². The second-order valence-electron chi connectivity index (χ2n) is 6.05. The van der Waals surface area contributed by atoms with E-state index in [0.29, 0.717) is 18.4 Å². The minimum Gasteiger partial charge on any atom is -0.469 e. The van der Waals surface area contributed by atoms with Gasteiger partial charge in [-0.05, 0) is 29.9 Å². The molecule has 0 heterocycles. The third kappa shape index (κ3) is 6.30. The Morgan fingerprint density at radius 3 is 2.29 bits per heavy atom. The van der Waals surface area contributed by atoms with Crippen LogP contribution >= 0.6 is 0 Å². The second kappa shape index (κ2) is 8.83. The van der Waals surface area contributed by atoms with Crippen LogP contribution in [0.2, 0.25) is 0 Å². The van der Waals surface area contributed by atoms with E-state index in [4.69, 9.17) is 4.74 Å². The zero-order valence-electron chi connectivity index (χ0n) is 14.0. The molecule has 0 fully saturated rings. The number of nitrogens with one attached hydrogen (secondary N) is 1. The van der Waals surface area contributed by atoms with E-state index in [1.165, 1.54) is 18.2 Å². The molecule has 1 N–H and O–H groups in total. The number of rotatable bonds is 8. The minimum atomic E-state index is -0.163. The lowest BCUT2D eigenvalue weighted by Crippen LogP contribution is -2.38. The van der Waals surface area contributed by atoms with Gasteiger partial charge in [-0.25, -0.2) is 0 Å². The molecule has 0 aliphatic carbocycles. The van der Waals surface area contributed by atoms with Gasteiger partial charge in [-0.2, -0.15) is 0 Å². The predicted octanol–water partition coefficient (Wildman–Crippen LogP) is 3.67. The first kappa shape index (κ1) is 17.7. The van der Waals surface area contributed by atoms with E-state index in [2.05, 4.69) is 57.3 Å². The largest absolute Gasteiger partial charge is 0.469 e. The molecular weight excluding hydrogens is 262 g/mol. The molecule has 0 saturated heterocycles. The van der Waals surface area contributed by atoms with Gasteiger partial charge in [-0.3, -0.25) is 4.79 Å². The number of esters is 1. The highest BCUT2D eigenvalue weighted by molar-refractivity contribution is 5.70. The van der Waals surface area contributed by atoms with E-state index in [-0.39, 0.29) is 12.0 Å². The quantitative estimate of drug-likeness (QED) is 0.743. The van der Waals surface area contributed by atoms with Gasteiger partial charge < -0.3 is 10.1 Å². The van der Waals surface area contributed by atoms with E-state index in [1.54, 1.807) is 0 Å². The third-order valence-electron chi connectivity index (χ3n) is 3.85. The molecule has 0 radical (unpaired) electrons. The van der Waals surface area contributed by atoms with Crippen LogP contribution in [-0.2, 0) is 16.0 Å². The Hall–Kier alpha value is -1.35. The molecule has 1 rings (SSSR count). The van der Waals surface area contributed by atoms with E-state index < -0.39 is 0 Å². The van der Waals surface area contributed by atoms with Crippen molar-refractivity contribution in [3.63, 3.8) is 0 Å². The zero-order valence-corrected chi connectivity index (χ0v) is 14.0. The zero-order chi connectivity index (χ0) is 15.8. The van der Waals surface area contributed by atoms with Crippen molar-refractivity contribution in [2.45, 2.75) is 65.0 Å². The summed E-state index contributed by atoms with van der Waals surface area (Å²) >= 11 is 0. The summed E-state index contributed by atoms with van der Waals surface area (Å²) in [6.07, 6.45) is 2.40. The maximum atomic E-state index is 11.5. The molecular formula is C18H29NO2. The van der Waals surface area contributed by atoms with Crippen molar-refractivity contribution in [3.8, 4) is 0 Å². The summed E-state index contributed by atoms with van der Waals surface area (Å²) in [6, 6.07) is 9.22. The Morgan fingerprint density at radius 2 is 1.81 bits per heavy atom. The van der Waals surface area contributed by atoms with Gasteiger partial charge in [0.1, 0.15) is 0 Å². The fourth-order valence-electron chi connectivity index (χ4n) is 2.45. The summed E-state index contributed by atoms with van der Waals surface area (Å²) in [6.45, 7) is 8.64. The molecule has 0 bridgehead atoms. The summed E-state index contributed by atoms with van der Waals surface area (Å²) in [4.78, 5) is 11.5. The lowest BCUT2D eigenvalue weighted by molar-refractivity contribution is -0.141. The molecule has 1 aromatic rings. The minimum absolute atomic E-state index is 0.117. The molecule has 2 unspecified atom stereocenters. The predicted molar refractivity (Wildman–Crippen MR) is 87.5 cm³/mol. The van der Waals surface area contributed by atoms with Crippen LogP contribution in [0.15, 0.2) is 24.3 Å². The van der Waals surface area contributed by atoms with Crippen LogP contribution in [-0.4, -0.2) is 25.2 Å². The fourth-order valence-corrected chi connectivity index (χ4v) is 2.45. The van der Waals surface area contributed by atoms with E-state index in [1.807, 2.05) is 0 Å². The number of hydrogen-bond acceptors (Lipinski definition) is 3. The summed E-state index contributed by atoms with van der Waals surface area (Å²) < 4.78 is 4.79. The van der Waals surface area contributed by atoms with Gasteiger partial charge >= 0.3 is 5.97 Å². The molecule has 0 aromatic heterocycles. The molecule has 1 aromatic carbocycles. The van der Waals surface area contributed by atoms with E-state index in [0.717, 1.165) is 12.8 Å². The van der Waals surface area contributed by atoms with Crippen LogP contribution in [0.25, 0.3) is 0 Å². The van der Waals surface area contributed by atoms with E-state index >= 15 is 0 Å². The van der Waals surface area contributed by atoms with Crippen molar-refractivity contribution < 1.29 is 9.53 Å². The molecule has 0 saturated carbocycles. The van der Waals surface area contributed by atoms with Crippen LogP contribution in [0.1, 0.15) is 57.6 Å². The highest BCUT2D eigenvalue weighted by Crippen LogP contribution is 2.19. The smallest absolute Gasteiger partial charge is 0.307 e. The van der Waals surface area contributed by atoms with E-state index in [9.17, 15) is 4.79 Å². The van der Waals surface area contributed by atoms with Gasteiger partial charge in [0.2, 0.25) is 0 Å². The van der Waals surface area contributed by atoms with Crippen LogP contribution < -0.4 is 5.32 Å². The fraction of sp³-hybridized carbons (Fsp3) is 0.611. The van der Waals surface area contributed by atoms with Gasteiger partial charge in [-0.1, -0.05) is 52.0 Å². The van der Waals surface area contributed by atoms with Crippen molar-refractivity contribution in [2.24, 2.45) is 0 Å². The average molecular weight is 291 g/mol. The SMILES string of the molecule is CCC(C)c1ccc(CC(CC(=O)OC)NC(C)C)cc1. The lowest BCUT2D eigenvalue weighted by Gasteiger charge is -2.20. The first-order valence-corrected chi connectivity index (χ1v) is 7.87. The topological polar surface area (TPSA) is 38.3 Å². The third-order valence-corrected chi connectivity index (χ3v) is 3.85. The molecule has 0 spiro atoms. The molecule has 0 aliphatic rings. The van der Waals surface area contributed by atoms with Crippen LogP contribution in [0, 0.1) is 0 Å². The van der Waals surface area contributed by atoms with Crippen molar-refractivity contribution in [3.05, 3.63) is 35.4 Å². The standard InChI is InChI=1S/C18H29NO2/c1-6-14(4)16-9-7-15(8-10-16)11-17(19-13(2)3)12-18(20)21-5/h7-10,13-14,17,19H,6,11-12H2,1-5H3. The van der Waals surface area contributed by atoms with Crippen molar-refractivity contribution in [1.29, 1.82) is 0 Å². The summed E-state index contributed by atoms with van der Waals surface area (Å²) in [5, 5.41) is 3.44. The summed E-state index contributed by atoms with van der Waals surface area (Å²) in [5.74, 6) is 0.433. The Morgan fingerprint density at radius 1 is 1.19 bits per heavy atom. The molecule has 0 amide bonds. The van der Waals surface area contributed by atoms with Crippen molar-refractivity contribution in [1.82, 2.24) is 5.32 Å². The molecule has 3 nitrogen and oxygen atoms in total. The summed E-state index contributed by atoms with van der Waals surface area (Å²) in [7, 11) is 1.44. The number of carbonyl (C=O) groups is 1. The molecule has 2 atom stereocenters. The molecule has 118 valence electrons. The van der Waals surface area contributed by atoms with Crippen LogP contribution in [0.4, 0.5) is 0 Å². The second-order valence-corrected chi connectivity index (χ2v) is 6.05. The molecule has 0 aliphatic heterocycles. The lowest BCUT2D eigenvalue weighted by atomic mass is 9.95. The maximum absolute atomic E-state index is 11.5. The van der Waals surface area contributed by atoms with Crippen molar-refractivity contribution in [2.75, 3.05) is 7.11 Å². The van der Waals surface area contributed by atoms with Gasteiger partial charge in [0.25, 0.3) is 0 Å². The molecule has 21 heavy (non-hydrogen) atoms. The average Bonchev–Trinajstić information content (AvgIpc) is 2.46. The normalized spacial score (nSPS) is 14.0. The highest BCUT2D eigenvalue weighted by Gasteiger charge is 2.16. The number of hydrogen-bond donors (Lipinski definition) is 1. The van der Waals surface area contributed by atoms with Crippen LogP contribution in [0.5, 0.6) is 0 Å². The number of ether oxygens (including phenoxy) is 1. The Kier molecular flexibility index (Phi) is 7.44. The first-order chi connectivity index (χ1) is 9.96. The van der Waals surface area contributed by atoms with Gasteiger partial charge in [0.05, 0.1) is 13.5 Å². The van der Waals surface area contributed by atoms with Crippen LogP contribution in [0.3, 0.4) is 0 Å². The monoisotopic (exact) mass is 291 g/mol. The van der Waals surface area contributed by atoms with Crippen molar-refractivity contribution >= 4 is 5.97 Å².